The minimum Gasteiger partial charge on any atom is -0.325 e. The number of halogens is 4. The van der Waals surface area contributed by atoms with Gasteiger partial charge in [-0.05, 0) is 31.6 Å². The molecule has 1 nitrogen and oxygen atoms in total. The van der Waals surface area contributed by atoms with Gasteiger partial charge in [0.15, 0.2) is 0 Å². The van der Waals surface area contributed by atoms with E-state index in [1.165, 1.54) is 0 Å². The molecule has 0 unspecified atom stereocenters. The number of alkyl halides is 4. The monoisotopic (exact) mass is 253 g/mol. The van der Waals surface area contributed by atoms with Crippen LogP contribution < -0.4 is 5.73 Å². The summed E-state index contributed by atoms with van der Waals surface area (Å²) in [4.78, 5) is 0. The Morgan fingerprint density at radius 3 is 1.59 bits per heavy atom. The van der Waals surface area contributed by atoms with Crippen LogP contribution in [0.15, 0.2) is 0 Å². The molecule has 0 spiro atoms. The van der Waals surface area contributed by atoms with Crippen molar-refractivity contribution in [2.45, 2.75) is 68.8 Å². The Balaban J connectivity index is 1.94. The van der Waals surface area contributed by atoms with Crippen LogP contribution in [0.4, 0.5) is 17.6 Å². The first-order valence-corrected chi connectivity index (χ1v) is 6.27. The fraction of sp³-hybridized carbons (Fsp3) is 1.00. The van der Waals surface area contributed by atoms with E-state index >= 15 is 0 Å². The third kappa shape index (κ3) is 2.92. The lowest BCUT2D eigenvalue weighted by Crippen LogP contribution is -2.53. The van der Waals surface area contributed by atoms with E-state index in [0.29, 0.717) is 12.8 Å². The molecule has 17 heavy (non-hydrogen) atoms. The van der Waals surface area contributed by atoms with Crippen LogP contribution in [0.25, 0.3) is 0 Å². The predicted octanol–water partition coefficient (Wildman–Crippen LogP) is 3.72. The van der Waals surface area contributed by atoms with Gasteiger partial charge in [-0.1, -0.05) is 0 Å². The van der Waals surface area contributed by atoms with E-state index in [4.69, 9.17) is 5.73 Å². The van der Waals surface area contributed by atoms with Crippen LogP contribution in [0.5, 0.6) is 0 Å². The summed E-state index contributed by atoms with van der Waals surface area (Å²) in [5, 5.41) is 0. The van der Waals surface area contributed by atoms with Gasteiger partial charge in [0.2, 0.25) is 11.8 Å². The molecule has 2 rings (SSSR count). The second-order valence-corrected chi connectivity index (χ2v) is 5.72. The lowest BCUT2D eigenvalue weighted by Gasteiger charge is -2.45. The number of hydrogen-bond acceptors (Lipinski definition) is 1. The van der Waals surface area contributed by atoms with E-state index in [0.717, 1.165) is 0 Å². The maximum Gasteiger partial charge on any atom is 0.248 e. The summed E-state index contributed by atoms with van der Waals surface area (Å²) in [6, 6.07) is 0. The van der Waals surface area contributed by atoms with Crippen LogP contribution in [0.1, 0.15) is 51.4 Å². The van der Waals surface area contributed by atoms with Crippen LogP contribution in [0, 0.1) is 5.92 Å². The lowest BCUT2D eigenvalue weighted by molar-refractivity contribution is -0.0827. The zero-order valence-electron chi connectivity index (χ0n) is 9.82. The molecule has 2 aliphatic carbocycles. The van der Waals surface area contributed by atoms with Crippen molar-refractivity contribution >= 4 is 0 Å². The Hall–Kier alpha value is -0.320. The first-order valence-electron chi connectivity index (χ1n) is 6.27. The maximum absolute atomic E-state index is 13.1. The lowest BCUT2D eigenvalue weighted by atomic mass is 9.67. The molecule has 0 aromatic carbocycles. The molecule has 0 bridgehead atoms. The number of nitrogens with two attached hydrogens (primary N) is 1. The molecule has 5 heteroatoms. The topological polar surface area (TPSA) is 26.0 Å². The summed E-state index contributed by atoms with van der Waals surface area (Å²) in [7, 11) is 0. The Kier molecular flexibility index (Phi) is 3.17. The molecule has 2 fully saturated rings. The third-order valence-electron chi connectivity index (χ3n) is 4.44. The molecule has 0 saturated heterocycles. The fourth-order valence-electron chi connectivity index (χ4n) is 3.10. The maximum atomic E-state index is 13.1. The summed E-state index contributed by atoms with van der Waals surface area (Å²) in [6.07, 6.45) is 0.573. The van der Waals surface area contributed by atoms with Crippen molar-refractivity contribution in [3.8, 4) is 0 Å². The average Bonchev–Trinajstić information content (AvgIpc) is 2.23. The van der Waals surface area contributed by atoms with Gasteiger partial charge in [-0.25, -0.2) is 17.6 Å². The van der Waals surface area contributed by atoms with Crippen LogP contribution in [0.2, 0.25) is 0 Å². The van der Waals surface area contributed by atoms with Crippen LogP contribution in [-0.4, -0.2) is 17.4 Å². The SMILES string of the molecule is NC1(C2CCC(F)(F)CC2)CCC(F)(F)CC1. The van der Waals surface area contributed by atoms with Crippen molar-refractivity contribution in [2.75, 3.05) is 0 Å². The first-order chi connectivity index (χ1) is 7.73. The van der Waals surface area contributed by atoms with Crippen molar-refractivity contribution in [3.63, 3.8) is 0 Å². The average molecular weight is 253 g/mol. The molecular weight excluding hydrogens is 234 g/mol. The standard InChI is InChI=1S/C12H19F4N/c13-11(14)3-1-9(2-4-11)10(17)5-7-12(15,16)8-6-10/h9H,1-8,17H2. The zero-order valence-corrected chi connectivity index (χ0v) is 9.82. The van der Waals surface area contributed by atoms with Crippen molar-refractivity contribution < 1.29 is 17.6 Å². The Morgan fingerprint density at radius 2 is 1.12 bits per heavy atom. The van der Waals surface area contributed by atoms with Gasteiger partial charge in [-0.15, -0.1) is 0 Å². The van der Waals surface area contributed by atoms with Gasteiger partial charge in [0, 0.05) is 31.2 Å². The zero-order chi connectivity index (χ0) is 12.7. The minimum atomic E-state index is -2.61. The summed E-state index contributed by atoms with van der Waals surface area (Å²) in [6.45, 7) is 0. The van der Waals surface area contributed by atoms with E-state index in [9.17, 15) is 17.6 Å². The molecule has 0 aliphatic heterocycles. The fourth-order valence-corrected chi connectivity index (χ4v) is 3.10. The van der Waals surface area contributed by atoms with Gasteiger partial charge in [0.25, 0.3) is 0 Å². The van der Waals surface area contributed by atoms with E-state index in [2.05, 4.69) is 0 Å². The van der Waals surface area contributed by atoms with Gasteiger partial charge in [0.1, 0.15) is 0 Å². The van der Waals surface area contributed by atoms with Crippen LogP contribution in [-0.2, 0) is 0 Å². The number of rotatable bonds is 1. The molecule has 0 atom stereocenters. The van der Waals surface area contributed by atoms with E-state index in [-0.39, 0.29) is 44.4 Å². The smallest absolute Gasteiger partial charge is 0.248 e. The van der Waals surface area contributed by atoms with Crippen molar-refractivity contribution in [1.82, 2.24) is 0 Å². The first kappa shape index (κ1) is 13.1. The molecule has 0 aromatic heterocycles. The van der Waals surface area contributed by atoms with Crippen molar-refractivity contribution in [2.24, 2.45) is 11.7 Å². The summed E-state index contributed by atoms with van der Waals surface area (Å²) >= 11 is 0. The third-order valence-corrected chi connectivity index (χ3v) is 4.44. The highest BCUT2D eigenvalue weighted by atomic mass is 19.3. The molecular formula is C12H19F4N. The summed E-state index contributed by atoms with van der Waals surface area (Å²) in [5.74, 6) is -5.20. The van der Waals surface area contributed by atoms with E-state index in [1.807, 2.05) is 0 Å². The Bertz CT molecular complexity index is 270. The van der Waals surface area contributed by atoms with Crippen molar-refractivity contribution in [3.05, 3.63) is 0 Å². The molecule has 0 aromatic rings. The highest BCUT2D eigenvalue weighted by Crippen LogP contribution is 2.47. The highest BCUT2D eigenvalue weighted by Gasteiger charge is 2.48. The second-order valence-electron chi connectivity index (χ2n) is 5.72. The molecule has 100 valence electrons. The predicted molar refractivity (Wildman–Crippen MR) is 57.2 cm³/mol. The Morgan fingerprint density at radius 1 is 0.706 bits per heavy atom. The van der Waals surface area contributed by atoms with Crippen LogP contribution >= 0.6 is 0 Å². The normalized spacial score (nSPS) is 32.3. The summed E-state index contributed by atoms with van der Waals surface area (Å²) < 4.78 is 52.2. The van der Waals surface area contributed by atoms with Gasteiger partial charge in [-0.2, -0.15) is 0 Å². The highest BCUT2D eigenvalue weighted by molar-refractivity contribution is 4.99. The molecule has 0 heterocycles. The largest absolute Gasteiger partial charge is 0.325 e. The van der Waals surface area contributed by atoms with Gasteiger partial charge in [0.05, 0.1) is 0 Å². The van der Waals surface area contributed by atoms with Gasteiger partial charge in [-0.3, -0.25) is 0 Å². The molecule has 2 aliphatic rings. The Labute approximate surface area is 98.7 Å². The summed E-state index contributed by atoms with van der Waals surface area (Å²) in [5.41, 5.74) is 5.52. The van der Waals surface area contributed by atoms with Gasteiger partial charge < -0.3 is 5.73 Å². The minimum absolute atomic E-state index is 0.0155. The van der Waals surface area contributed by atoms with E-state index < -0.39 is 17.4 Å². The van der Waals surface area contributed by atoms with Crippen LogP contribution in [0.3, 0.4) is 0 Å². The second kappa shape index (κ2) is 4.11. The number of hydrogen-bond donors (Lipinski definition) is 1. The quantitative estimate of drug-likeness (QED) is 0.708. The van der Waals surface area contributed by atoms with E-state index in [1.54, 1.807) is 0 Å². The van der Waals surface area contributed by atoms with Crippen molar-refractivity contribution in [1.29, 1.82) is 0 Å². The molecule has 0 radical (unpaired) electrons. The molecule has 2 N–H and O–H groups in total. The van der Waals surface area contributed by atoms with Gasteiger partial charge >= 0.3 is 0 Å². The molecule has 2 saturated carbocycles. The molecule has 0 amide bonds.